The van der Waals surface area contributed by atoms with Crippen molar-refractivity contribution >= 4 is 40.8 Å². The molecular formula is C23H21N3O4S. The van der Waals surface area contributed by atoms with Crippen LogP contribution in [-0.4, -0.2) is 39.6 Å². The summed E-state index contributed by atoms with van der Waals surface area (Å²) in [4.78, 5) is 29.1. The maximum absolute atomic E-state index is 12.5. The molecule has 1 aliphatic rings. The third-order valence-corrected chi connectivity index (χ3v) is 5.87. The van der Waals surface area contributed by atoms with Gasteiger partial charge in [-0.3, -0.25) is 19.1 Å². The molecule has 158 valence electrons. The van der Waals surface area contributed by atoms with Crippen LogP contribution >= 0.6 is 11.3 Å². The van der Waals surface area contributed by atoms with Crippen molar-refractivity contribution in [1.29, 1.82) is 0 Å². The Bertz CT molecular complexity index is 1210. The van der Waals surface area contributed by atoms with E-state index in [4.69, 9.17) is 0 Å². The van der Waals surface area contributed by atoms with Crippen LogP contribution in [0.25, 0.3) is 11.6 Å². The third-order valence-electron chi connectivity index (χ3n) is 4.95. The van der Waals surface area contributed by atoms with Crippen LogP contribution < -0.4 is 10.2 Å². The molecule has 3 aromatic rings. The second kappa shape index (κ2) is 9.11. The van der Waals surface area contributed by atoms with Crippen LogP contribution in [0.1, 0.15) is 16.0 Å². The maximum Gasteiger partial charge on any atom is 0.311 e. The van der Waals surface area contributed by atoms with Gasteiger partial charge in [0.05, 0.1) is 23.2 Å². The first-order chi connectivity index (χ1) is 15.0. The van der Waals surface area contributed by atoms with Gasteiger partial charge >= 0.3 is 4.87 Å². The topological polar surface area (TPSA) is 104 Å². The van der Waals surface area contributed by atoms with Crippen LogP contribution in [-0.2, 0) is 17.8 Å². The Hall–Kier alpha value is -3.49. The van der Waals surface area contributed by atoms with E-state index >= 15 is 0 Å². The molecule has 0 bridgehead atoms. The molecule has 0 saturated heterocycles. The number of aliphatic hydroxyl groups excluding tert-OH is 1. The minimum Gasteiger partial charge on any atom is -0.493 e. The molecule has 1 aliphatic heterocycles. The van der Waals surface area contributed by atoms with E-state index in [1.54, 1.807) is 12.3 Å². The zero-order valence-electron chi connectivity index (χ0n) is 16.6. The van der Waals surface area contributed by atoms with Crippen molar-refractivity contribution in [3.63, 3.8) is 0 Å². The number of aliphatic hydroxyl groups is 1. The van der Waals surface area contributed by atoms with E-state index < -0.39 is 16.8 Å². The van der Waals surface area contributed by atoms with E-state index in [1.165, 1.54) is 0 Å². The van der Waals surface area contributed by atoms with Gasteiger partial charge in [-0.1, -0.05) is 59.9 Å². The second-order valence-corrected chi connectivity index (χ2v) is 8.15. The Morgan fingerprint density at radius 3 is 2.68 bits per heavy atom. The zero-order chi connectivity index (χ0) is 21.8. The highest BCUT2D eigenvalue weighted by atomic mass is 32.1. The summed E-state index contributed by atoms with van der Waals surface area (Å²) in [6, 6.07) is 16.6. The first-order valence-corrected chi connectivity index (χ1v) is 10.6. The lowest BCUT2D eigenvalue weighted by Crippen LogP contribution is -2.41. The normalized spacial score (nSPS) is 14.5. The van der Waals surface area contributed by atoms with E-state index in [9.17, 15) is 19.8 Å². The lowest BCUT2D eigenvalue weighted by Gasteiger charge is -2.16. The Labute approximate surface area is 182 Å². The number of aromatic hydroxyl groups is 1. The molecule has 8 heteroatoms. The lowest BCUT2D eigenvalue weighted by atomic mass is 10.1. The Morgan fingerprint density at radius 1 is 1.16 bits per heavy atom. The van der Waals surface area contributed by atoms with Crippen LogP contribution in [0.5, 0.6) is 5.88 Å². The molecule has 4 rings (SSSR count). The van der Waals surface area contributed by atoms with Gasteiger partial charge in [0.25, 0.3) is 0 Å². The highest BCUT2D eigenvalue weighted by molar-refractivity contribution is 7.10. The molecule has 3 N–H and O–H groups in total. The SMILES string of the molecule is O=C(Cn1c(O)c(C=C2C=Nc3ccccc32)sc1=O)NC(CO)Cc1ccccc1. The molecule has 0 spiro atoms. The van der Waals surface area contributed by atoms with Crippen LogP contribution in [0.2, 0.25) is 0 Å². The van der Waals surface area contributed by atoms with Gasteiger partial charge in [0.2, 0.25) is 11.8 Å². The van der Waals surface area contributed by atoms with E-state index in [0.29, 0.717) is 11.3 Å². The molecule has 2 heterocycles. The quantitative estimate of drug-likeness (QED) is 0.531. The summed E-state index contributed by atoms with van der Waals surface area (Å²) in [6.07, 6.45) is 3.83. The number of allylic oxidation sites excluding steroid dienone is 1. The van der Waals surface area contributed by atoms with Crippen molar-refractivity contribution in [1.82, 2.24) is 9.88 Å². The average molecular weight is 436 g/mol. The zero-order valence-corrected chi connectivity index (χ0v) is 17.4. The molecule has 0 saturated carbocycles. The number of hydrogen-bond acceptors (Lipinski definition) is 6. The smallest absolute Gasteiger partial charge is 0.311 e. The van der Waals surface area contributed by atoms with Crippen molar-refractivity contribution in [2.45, 2.75) is 19.0 Å². The van der Waals surface area contributed by atoms with E-state index in [0.717, 1.165) is 38.3 Å². The van der Waals surface area contributed by atoms with Crippen molar-refractivity contribution in [3.8, 4) is 5.88 Å². The summed E-state index contributed by atoms with van der Waals surface area (Å²) in [5.41, 5.74) is 3.50. The number of hydrogen-bond donors (Lipinski definition) is 3. The van der Waals surface area contributed by atoms with Gasteiger partial charge in [-0.2, -0.15) is 0 Å². The summed E-state index contributed by atoms with van der Waals surface area (Å²) in [5.74, 6) is -0.726. The first-order valence-electron chi connectivity index (χ1n) is 9.77. The summed E-state index contributed by atoms with van der Waals surface area (Å²) in [6.45, 7) is -0.568. The van der Waals surface area contributed by atoms with Gasteiger partial charge in [0.15, 0.2) is 0 Å². The predicted molar refractivity (Wildman–Crippen MR) is 122 cm³/mol. The largest absolute Gasteiger partial charge is 0.493 e. The van der Waals surface area contributed by atoms with Gasteiger partial charge in [-0.05, 0) is 24.1 Å². The fraction of sp³-hybridized carbons (Fsp3) is 0.174. The summed E-state index contributed by atoms with van der Waals surface area (Å²) < 4.78 is 1.03. The standard InChI is InChI=1S/C23H21N3O4S/c27-14-17(10-15-6-2-1-3-7-15)25-21(28)13-26-22(29)20(31-23(26)30)11-16-12-24-19-9-5-4-8-18(16)19/h1-9,11-12,17,27,29H,10,13-14H2,(H,25,28). The molecule has 0 aliphatic carbocycles. The molecule has 7 nitrogen and oxygen atoms in total. The fourth-order valence-electron chi connectivity index (χ4n) is 3.42. The molecule has 0 radical (unpaired) electrons. The number of amides is 1. The highest BCUT2D eigenvalue weighted by Gasteiger charge is 2.19. The van der Waals surface area contributed by atoms with Crippen LogP contribution in [0, 0.1) is 0 Å². The van der Waals surface area contributed by atoms with Crippen molar-refractivity contribution in [2.75, 3.05) is 6.61 Å². The van der Waals surface area contributed by atoms with Crippen LogP contribution in [0.15, 0.2) is 64.4 Å². The van der Waals surface area contributed by atoms with Gasteiger partial charge < -0.3 is 15.5 Å². The third kappa shape index (κ3) is 4.65. The van der Waals surface area contributed by atoms with E-state index in [-0.39, 0.29) is 19.0 Å². The average Bonchev–Trinajstić information content (AvgIpc) is 3.30. The number of nitrogens with zero attached hydrogens (tertiary/aromatic N) is 2. The molecular weight excluding hydrogens is 414 g/mol. The van der Waals surface area contributed by atoms with Crippen molar-refractivity contribution in [3.05, 3.63) is 80.3 Å². The van der Waals surface area contributed by atoms with Gasteiger partial charge in [0.1, 0.15) is 6.54 Å². The number of carbonyl (C=O) groups is 1. The first kappa shape index (κ1) is 20.8. The minimum absolute atomic E-state index is 0.235. The predicted octanol–water partition coefficient (Wildman–Crippen LogP) is 2.59. The minimum atomic E-state index is -0.487. The number of benzene rings is 2. The van der Waals surface area contributed by atoms with E-state index in [2.05, 4.69) is 10.3 Å². The van der Waals surface area contributed by atoms with Crippen LogP contribution in [0.3, 0.4) is 0 Å². The van der Waals surface area contributed by atoms with Gasteiger partial charge in [-0.15, -0.1) is 0 Å². The number of aromatic nitrogens is 1. The maximum atomic E-state index is 12.5. The number of fused-ring (bicyclic) bond motifs is 1. The number of nitrogens with one attached hydrogen (secondary N) is 1. The Balaban J connectivity index is 1.48. The lowest BCUT2D eigenvalue weighted by molar-refractivity contribution is -0.122. The summed E-state index contributed by atoms with van der Waals surface area (Å²) in [7, 11) is 0. The van der Waals surface area contributed by atoms with Crippen LogP contribution in [0.4, 0.5) is 5.69 Å². The van der Waals surface area contributed by atoms with Crippen molar-refractivity contribution in [2.24, 2.45) is 4.99 Å². The van der Waals surface area contributed by atoms with E-state index in [1.807, 2.05) is 54.6 Å². The van der Waals surface area contributed by atoms with Gasteiger partial charge in [-0.25, -0.2) is 0 Å². The number of carbonyl (C=O) groups excluding carboxylic acids is 1. The number of aliphatic imine (C=N–C) groups is 1. The number of thiazole rings is 1. The molecule has 2 aromatic carbocycles. The monoisotopic (exact) mass is 435 g/mol. The Kier molecular flexibility index (Phi) is 6.11. The van der Waals surface area contributed by atoms with Crippen molar-refractivity contribution < 1.29 is 15.0 Å². The molecule has 1 amide bonds. The molecule has 1 unspecified atom stereocenters. The molecule has 31 heavy (non-hydrogen) atoms. The fourth-order valence-corrected chi connectivity index (χ4v) is 4.26. The highest BCUT2D eigenvalue weighted by Crippen LogP contribution is 2.34. The molecule has 0 fully saturated rings. The molecule has 1 atom stereocenters. The summed E-state index contributed by atoms with van der Waals surface area (Å²) in [5, 5.41) is 22.9. The number of rotatable bonds is 7. The Morgan fingerprint density at radius 2 is 1.90 bits per heavy atom. The summed E-state index contributed by atoms with van der Waals surface area (Å²) >= 11 is 0.862. The number of para-hydroxylation sites is 1. The molecule has 1 aromatic heterocycles. The van der Waals surface area contributed by atoms with Gasteiger partial charge in [0, 0.05) is 17.4 Å². The second-order valence-electron chi connectivity index (χ2n) is 7.15.